The Balaban J connectivity index is 1.48. The number of carbonyl (C=O) groups excluding carboxylic acids is 2. The molecule has 2 fully saturated rings. The molecule has 3 N–H and O–H groups in total. The van der Waals surface area contributed by atoms with Gasteiger partial charge < -0.3 is 16.0 Å². The predicted molar refractivity (Wildman–Crippen MR) is 59.8 cm³/mol. The summed E-state index contributed by atoms with van der Waals surface area (Å²) in [5.74, 6) is 0.267. The Kier molecular flexibility index (Phi) is 3.77. The molecule has 0 aromatic carbocycles. The van der Waals surface area contributed by atoms with E-state index in [2.05, 4.69) is 16.0 Å². The van der Waals surface area contributed by atoms with E-state index in [1.807, 2.05) is 0 Å². The molecule has 0 aromatic rings. The molecule has 0 radical (unpaired) electrons. The van der Waals surface area contributed by atoms with Gasteiger partial charge >= 0.3 is 0 Å². The van der Waals surface area contributed by atoms with E-state index in [0.29, 0.717) is 25.4 Å². The summed E-state index contributed by atoms with van der Waals surface area (Å²) in [6.07, 6.45) is 4.33. The standard InChI is InChI=1S/C11H19N3O2/c15-10-4-3-9(14-10)7-12-6-5-11(16)13-8-1-2-8/h8-9,12H,1-7H2,(H,13,16)(H,14,15). The second-order valence-electron chi connectivity index (χ2n) is 4.60. The molecular formula is C11H19N3O2. The fourth-order valence-electron chi connectivity index (χ4n) is 1.84. The summed E-state index contributed by atoms with van der Waals surface area (Å²) in [6, 6.07) is 0.695. The van der Waals surface area contributed by atoms with Gasteiger partial charge in [-0.3, -0.25) is 9.59 Å². The molecule has 5 nitrogen and oxygen atoms in total. The molecule has 1 heterocycles. The van der Waals surface area contributed by atoms with E-state index in [0.717, 1.165) is 25.8 Å². The largest absolute Gasteiger partial charge is 0.353 e. The maximum atomic E-state index is 11.3. The average molecular weight is 225 g/mol. The maximum absolute atomic E-state index is 11.3. The predicted octanol–water partition coefficient (Wildman–Crippen LogP) is -0.477. The summed E-state index contributed by atoms with van der Waals surface area (Å²) in [6.45, 7) is 1.45. The summed E-state index contributed by atoms with van der Waals surface area (Å²) in [5, 5.41) is 9.02. The van der Waals surface area contributed by atoms with E-state index in [4.69, 9.17) is 0 Å². The van der Waals surface area contributed by atoms with E-state index in [1.165, 1.54) is 0 Å². The van der Waals surface area contributed by atoms with Crippen LogP contribution < -0.4 is 16.0 Å². The smallest absolute Gasteiger partial charge is 0.221 e. The minimum absolute atomic E-state index is 0.130. The van der Waals surface area contributed by atoms with Crippen molar-refractivity contribution >= 4 is 11.8 Å². The summed E-state index contributed by atoms with van der Waals surface area (Å²) in [7, 11) is 0. The molecule has 16 heavy (non-hydrogen) atoms. The molecule has 1 aliphatic carbocycles. The van der Waals surface area contributed by atoms with Crippen molar-refractivity contribution in [1.29, 1.82) is 0 Å². The Morgan fingerprint density at radius 1 is 1.38 bits per heavy atom. The van der Waals surface area contributed by atoms with Crippen molar-refractivity contribution in [1.82, 2.24) is 16.0 Å². The van der Waals surface area contributed by atoms with Gasteiger partial charge in [0, 0.05) is 38.0 Å². The first-order chi connectivity index (χ1) is 7.74. The van der Waals surface area contributed by atoms with Crippen molar-refractivity contribution in [3.05, 3.63) is 0 Å². The Labute approximate surface area is 95.3 Å². The number of nitrogens with one attached hydrogen (secondary N) is 3. The molecule has 1 aliphatic heterocycles. The third kappa shape index (κ3) is 3.81. The Bertz CT molecular complexity index is 276. The molecule has 2 aliphatic rings. The lowest BCUT2D eigenvalue weighted by molar-refractivity contribution is -0.121. The van der Waals surface area contributed by atoms with E-state index in [1.54, 1.807) is 0 Å². The lowest BCUT2D eigenvalue weighted by Crippen LogP contribution is -2.37. The van der Waals surface area contributed by atoms with Gasteiger partial charge in [-0.05, 0) is 19.3 Å². The van der Waals surface area contributed by atoms with Crippen LogP contribution in [0.3, 0.4) is 0 Å². The molecule has 0 aromatic heterocycles. The second kappa shape index (κ2) is 5.30. The monoisotopic (exact) mass is 225 g/mol. The highest BCUT2D eigenvalue weighted by molar-refractivity contribution is 5.78. The fraction of sp³-hybridized carbons (Fsp3) is 0.818. The quantitative estimate of drug-likeness (QED) is 0.535. The SMILES string of the molecule is O=C(CCNCC1CCC(=O)N1)NC1CC1. The van der Waals surface area contributed by atoms with Gasteiger partial charge in [0.05, 0.1) is 0 Å². The molecule has 0 spiro atoms. The molecule has 2 rings (SSSR count). The van der Waals surface area contributed by atoms with E-state index < -0.39 is 0 Å². The van der Waals surface area contributed by atoms with Gasteiger partial charge in [0.1, 0.15) is 0 Å². The third-order valence-corrected chi connectivity index (χ3v) is 2.95. The Hall–Kier alpha value is -1.10. The molecule has 2 amide bonds. The summed E-state index contributed by atoms with van der Waals surface area (Å²) < 4.78 is 0. The van der Waals surface area contributed by atoms with Gasteiger partial charge in [-0.25, -0.2) is 0 Å². The molecule has 1 saturated carbocycles. The van der Waals surface area contributed by atoms with Crippen molar-refractivity contribution in [3.63, 3.8) is 0 Å². The lowest BCUT2D eigenvalue weighted by atomic mass is 10.2. The van der Waals surface area contributed by atoms with Crippen molar-refractivity contribution in [3.8, 4) is 0 Å². The topological polar surface area (TPSA) is 70.2 Å². The number of hydrogen-bond donors (Lipinski definition) is 3. The van der Waals surface area contributed by atoms with E-state index in [-0.39, 0.29) is 17.9 Å². The summed E-state index contributed by atoms with van der Waals surface area (Å²) in [4.78, 5) is 22.2. The van der Waals surface area contributed by atoms with Crippen LogP contribution in [-0.2, 0) is 9.59 Å². The first kappa shape index (κ1) is 11.4. The zero-order valence-electron chi connectivity index (χ0n) is 9.42. The van der Waals surface area contributed by atoms with Crippen molar-refractivity contribution < 1.29 is 9.59 Å². The minimum Gasteiger partial charge on any atom is -0.353 e. The zero-order valence-corrected chi connectivity index (χ0v) is 9.42. The Morgan fingerprint density at radius 2 is 2.19 bits per heavy atom. The average Bonchev–Trinajstić information content (AvgIpc) is 2.95. The Morgan fingerprint density at radius 3 is 2.81 bits per heavy atom. The number of amides is 2. The van der Waals surface area contributed by atoms with Gasteiger partial charge in [0.2, 0.25) is 11.8 Å². The van der Waals surface area contributed by atoms with Crippen LogP contribution in [0.5, 0.6) is 0 Å². The van der Waals surface area contributed by atoms with Gasteiger partial charge in [-0.2, -0.15) is 0 Å². The normalized spacial score (nSPS) is 24.2. The number of rotatable bonds is 6. The molecular weight excluding hydrogens is 206 g/mol. The number of carbonyl (C=O) groups is 2. The first-order valence-corrected chi connectivity index (χ1v) is 6.03. The van der Waals surface area contributed by atoms with Crippen LogP contribution in [0, 0.1) is 0 Å². The fourth-order valence-corrected chi connectivity index (χ4v) is 1.84. The molecule has 1 atom stereocenters. The van der Waals surface area contributed by atoms with Crippen molar-refractivity contribution in [2.45, 2.75) is 44.2 Å². The van der Waals surface area contributed by atoms with Crippen LogP contribution in [0.15, 0.2) is 0 Å². The van der Waals surface area contributed by atoms with Gasteiger partial charge in [0.15, 0.2) is 0 Å². The van der Waals surface area contributed by atoms with Crippen LogP contribution in [0.2, 0.25) is 0 Å². The molecule has 0 bridgehead atoms. The van der Waals surface area contributed by atoms with Crippen LogP contribution in [0.4, 0.5) is 0 Å². The highest BCUT2D eigenvalue weighted by Crippen LogP contribution is 2.18. The van der Waals surface area contributed by atoms with Crippen molar-refractivity contribution in [2.24, 2.45) is 0 Å². The molecule has 1 saturated heterocycles. The van der Waals surface area contributed by atoms with Crippen LogP contribution in [0.25, 0.3) is 0 Å². The van der Waals surface area contributed by atoms with Crippen molar-refractivity contribution in [2.75, 3.05) is 13.1 Å². The molecule has 5 heteroatoms. The van der Waals surface area contributed by atoms with Crippen LogP contribution in [0.1, 0.15) is 32.1 Å². The third-order valence-electron chi connectivity index (χ3n) is 2.95. The van der Waals surface area contributed by atoms with E-state index >= 15 is 0 Å². The van der Waals surface area contributed by atoms with Gasteiger partial charge in [0.25, 0.3) is 0 Å². The first-order valence-electron chi connectivity index (χ1n) is 6.03. The lowest BCUT2D eigenvalue weighted by Gasteiger charge is -2.10. The highest BCUT2D eigenvalue weighted by Gasteiger charge is 2.23. The van der Waals surface area contributed by atoms with Crippen LogP contribution in [-0.4, -0.2) is 37.0 Å². The van der Waals surface area contributed by atoms with Gasteiger partial charge in [-0.15, -0.1) is 0 Å². The highest BCUT2D eigenvalue weighted by atomic mass is 16.2. The summed E-state index contributed by atoms with van der Waals surface area (Å²) >= 11 is 0. The van der Waals surface area contributed by atoms with Crippen LogP contribution >= 0.6 is 0 Å². The maximum Gasteiger partial charge on any atom is 0.221 e. The van der Waals surface area contributed by atoms with E-state index in [9.17, 15) is 9.59 Å². The van der Waals surface area contributed by atoms with Gasteiger partial charge in [-0.1, -0.05) is 0 Å². The molecule has 1 unspecified atom stereocenters. The molecule has 90 valence electrons. The second-order valence-corrected chi connectivity index (χ2v) is 4.60. The minimum atomic E-state index is 0.130. The summed E-state index contributed by atoms with van der Waals surface area (Å²) in [5.41, 5.74) is 0. The zero-order chi connectivity index (χ0) is 11.4. The number of hydrogen-bond acceptors (Lipinski definition) is 3.